The van der Waals surface area contributed by atoms with Crippen LogP contribution in [0.4, 0.5) is 0 Å². The zero-order valence-electron chi connectivity index (χ0n) is 50.2. The molecule has 2 atom stereocenters. The Hall–Kier alpha value is -11.5. The molecule has 4 nitrogen and oxygen atoms in total. The summed E-state index contributed by atoms with van der Waals surface area (Å²) in [5.74, 6) is 0.451. The van der Waals surface area contributed by atoms with Gasteiger partial charge in [-0.15, -0.1) is 0 Å². The third-order valence-electron chi connectivity index (χ3n) is 20.0. The molecule has 0 unspecified atom stereocenters. The van der Waals surface area contributed by atoms with Crippen molar-refractivity contribution in [3.63, 3.8) is 0 Å². The lowest BCUT2D eigenvalue weighted by Crippen LogP contribution is -2.09. The zero-order valence-corrected chi connectivity index (χ0v) is 50.2. The maximum Gasteiger partial charge on any atom is 0.135 e. The Bertz CT molecular complexity index is 5940. The van der Waals surface area contributed by atoms with Crippen molar-refractivity contribution in [3.8, 4) is 67.0 Å². The molecule has 0 saturated heterocycles. The lowest BCUT2D eigenvalue weighted by molar-refractivity contribution is 0.669. The van der Waals surface area contributed by atoms with Gasteiger partial charge in [-0.1, -0.05) is 225 Å². The second-order valence-corrected chi connectivity index (χ2v) is 25.0. The van der Waals surface area contributed by atoms with E-state index in [-0.39, 0.29) is 11.8 Å². The van der Waals surface area contributed by atoms with Gasteiger partial charge < -0.3 is 18.1 Å². The van der Waals surface area contributed by atoms with Crippen LogP contribution in [-0.4, -0.2) is 13.7 Å². The number of nitrogens with zero attached hydrogens (tertiary/aromatic N) is 3. The van der Waals surface area contributed by atoms with Crippen LogP contribution in [-0.2, 0) is 0 Å². The second-order valence-electron chi connectivity index (χ2n) is 25.0. The quantitative estimate of drug-likeness (QED) is 0.142. The molecule has 91 heavy (non-hydrogen) atoms. The molecule has 13 aromatic carbocycles. The summed E-state index contributed by atoms with van der Waals surface area (Å²) in [6.07, 6.45) is 9.11. The molecule has 4 heteroatoms. The van der Waals surface area contributed by atoms with Gasteiger partial charge in [0.15, 0.2) is 0 Å². The summed E-state index contributed by atoms with van der Waals surface area (Å²) in [6.45, 7) is 2.41. The lowest BCUT2D eigenvalue weighted by atomic mass is 9.80. The van der Waals surface area contributed by atoms with E-state index in [1.165, 1.54) is 110 Å². The number of hydrogen-bond acceptors (Lipinski definition) is 1. The average molecular weight is 1160 g/mol. The van der Waals surface area contributed by atoms with Gasteiger partial charge in [-0.2, -0.15) is 0 Å². The summed E-state index contributed by atoms with van der Waals surface area (Å²) in [7, 11) is 0. The number of furan rings is 1. The number of aromatic nitrogens is 3. The Labute approximate surface area is 526 Å². The molecule has 0 bridgehead atoms. The maximum absolute atomic E-state index is 6.60. The van der Waals surface area contributed by atoms with E-state index >= 15 is 0 Å². The first-order valence-electron chi connectivity index (χ1n) is 32.0. The first kappa shape index (κ1) is 51.6. The van der Waals surface area contributed by atoms with Gasteiger partial charge >= 0.3 is 0 Å². The van der Waals surface area contributed by atoms with Crippen molar-refractivity contribution >= 4 is 93.1 Å². The summed E-state index contributed by atoms with van der Waals surface area (Å²) in [4.78, 5) is 0. The molecule has 4 aromatic heterocycles. The van der Waals surface area contributed by atoms with Crippen molar-refractivity contribution in [2.45, 2.75) is 31.6 Å². The molecule has 4 heterocycles. The molecule has 17 aromatic rings. The summed E-state index contributed by atoms with van der Waals surface area (Å²) < 4.78 is 14.2. The monoisotopic (exact) mass is 1160 g/mol. The fourth-order valence-electron chi connectivity index (χ4n) is 15.9. The van der Waals surface area contributed by atoms with Crippen LogP contribution in [0.1, 0.15) is 48.3 Å². The standard InChI is InChI=1S/C87H59N3O/c1-54(55-20-4-2-5-21-55)83-71-36-9-8-32-67(71)72-42-43-73-68-33-10-14-38-79(68)89(85(73)84(72)83)65-30-18-26-60(50-65)56-22-16-24-58(48-56)62-40-46-81-76(52-62)77-53-63(41-47-82(77)91-81)59-25-17-23-57(49-59)61-27-19-31-66(51-61)90-80-39-15-12-35-70(80)75-45-44-74-69-34-11-13-37-78(69)88(86(74)87(75)90)64-28-6-3-7-29-64/h2,4-6,8-54,83H,3,7H2,1H3/t54-,83+/m1/s1. The number of fused-ring (bicyclic) bond motifs is 17. The van der Waals surface area contributed by atoms with Crippen molar-refractivity contribution in [1.82, 2.24) is 13.7 Å². The lowest BCUT2D eigenvalue weighted by Gasteiger charge is -2.24. The topological polar surface area (TPSA) is 27.9 Å². The van der Waals surface area contributed by atoms with Gasteiger partial charge in [0.2, 0.25) is 0 Å². The van der Waals surface area contributed by atoms with E-state index in [2.05, 4.69) is 324 Å². The molecular formula is C87H59N3O. The van der Waals surface area contributed by atoms with Crippen LogP contribution in [0.5, 0.6) is 0 Å². The fraction of sp³-hybridized carbons (Fsp3) is 0.0575. The highest BCUT2D eigenvalue weighted by molar-refractivity contribution is 6.24. The first-order valence-corrected chi connectivity index (χ1v) is 32.0. The first-order chi connectivity index (χ1) is 45.1. The van der Waals surface area contributed by atoms with Gasteiger partial charge in [0.05, 0.1) is 33.1 Å². The van der Waals surface area contributed by atoms with Crippen LogP contribution >= 0.6 is 0 Å². The molecule has 0 radical (unpaired) electrons. The molecule has 2 aliphatic carbocycles. The van der Waals surface area contributed by atoms with Crippen LogP contribution in [0.3, 0.4) is 0 Å². The van der Waals surface area contributed by atoms with Crippen LogP contribution in [0.2, 0.25) is 0 Å². The van der Waals surface area contributed by atoms with Gasteiger partial charge in [0, 0.05) is 66.1 Å². The van der Waals surface area contributed by atoms with E-state index < -0.39 is 0 Å². The summed E-state index contributed by atoms with van der Waals surface area (Å²) >= 11 is 0. The molecular weight excluding hydrogens is 1100 g/mol. The summed E-state index contributed by atoms with van der Waals surface area (Å²) in [5, 5.41) is 9.77. The van der Waals surface area contributed by atoms with Crippen molar-refractivity contribution in [1.29, 1.82) is 0 Å². The highest BCUT2D eigenvalue weighted by atomic mass is 16.3. The summed E-state index contributed by atoms with van der Waals surface area (Å²) in [5.41, 5.74) is 28.7. The van der Waals surface area contributed by atoms with Crippen LogP contribution in [0.25, 0.3) is 160 Å². The Kier molecular flexibility index (Phi) is 11.5. The molecule has 19 rings (SSSR count). The molecule has 0 amide bonds. The second kappa shape index (κ2) is 20.3. The van der Waals surface area contributed by atoms with E-state index in [0.29, 0.717) is 0 Å². The normalized spacial score (nSPS) is 14.2. The number of para-hydroxylation sites is 3. The Morgan fingerprint density at radius 2 is 0.802 bits per heavy atom. The number of benzene rings is 13. The van der Waals surface area contributed by atoms with E-state index in [4.69, 9.17) is 4.42 Å². The zero-order chi connectivity index (χ0) is 59.8. The smallest absolute Gasteiger partial charge is 0.135 e. The minimum atomic E-state index is 0.188. The van der Waals surface area contributed by atoms with Gasteiger partial charge in [-0.05, 0) is 176 Å². The molecule has 0 fully saturated rings. The molecule has 428 valence electrons. The Balaban J connectivity index is 0.676. The highest BCUT2D eigenvalue weighted by Gasteiger charge is 2.36. The third-order valence-corrected chi connectivity index (χ3v) is 20.0. The van der Waals surface area contributed by atoms with E-state index in [9.17, 15) is 0 Å². The van der Waals surface area contributed by atoms with Gasteiger partial charge in [-0.25, -0.2) is 0 Å². The van der Waals surface area contributed by atoms with Crippen LogP contribution in [0, 0.1) is 0 Å². The highest BCUT2D eigenvalue weighted by Crippen LogP contribution is 2.55. The van der Waals surface area contributed by atoms with Crippen molar-refractivity contribution in [2.75, 3.05) is 0 Å². The predicted octanol–water partition coefficient (Wildman–Crippen LogP) is 23.7. The van der Waals surface area contributed by atoms with Gasteiger partial charge in [0.1, 0.15) is 11.2 Å². The molecule has 0 spiro atoms. The van der Waals surface area contributed by atoms with E-state index in [0.717, 1.165) is 79.5 Å². The minimum absolute atomic E-state index is 0.188. The van der Waals surface area contributed by atoms with E-state index in [1.54, 1.807) is 0 Å². The van der Waals surface area contributed by atoms with Crippen LogP contribution in [0.15, 0.2) is 308 Å². The largest absolute Gasteiger partial charge is 0.456 e. The average Bonchev–Trinajstić information content (AvgIpc) is 1.57. The van der Waals surface area contributed by atoms with Gasteiger partial charge in [0.25, 0.3) is 0 Å². The molecule has 0 N–H and O–H groups in total. The number of hydrogen-bond donors (Lipinski definition) is 0. The Morgan fingerprint density at radius 3 is 1.37 bits per heavy atom. The Morgan fingerprint density at radius 1 is 0.341 bits per heavy atom. The number of allylic oxidation sites excluding steroid dienone is 4. The SMILES string of the molecule is C[C@H](c1ccccc1)[C@H]1c2ccccc2-c2ccc3c4ccccc4n(-c4cccc(-c5cccc(-c6ccc7oc8ccc(-c9cccc(-c%10cccc(-n%11c%12ccccc%12c%12ccc%13c%14ccccc%14n(C%14=CCCC=C%14)c%13c%12%11)c%10)c9)cc8c7c6)c5)c4)c3c21. The van der Waals surface area contributed by atoms with Crippen molar-refractivity contribution < 1.29 is 4.42 Å². The van der Waals surface area contributed by atoms with Crippen LogP contribution < -0.4 is 0 Å². The predicted molar refractivity (Wildman–Crippen MR) is 382 cm³/mol. The fourth-order valence-corrected chi connectivity index (χ4v) is 15.9. The van der Waals surface area contributed by atoms with Gasteiger partial charge in [-0.3, -0.25) is 0 Å². The molecule has 0 aliphatic heterocycles. The van der Waals surface area contributed by atoms with Crippen molar-refractivity contribution in [2.24, 2.45) is 0 Å². The van der Waals surface area contributed by atoms with E-state index in [1.807, 2.05) is 0 Å². The molecule has 0 saturated carbocycles. The molecule has 2 aliphatic rings. The third kappa shape index (κ3) is 7.95. The van der Waals surface area contributed by atoms with Crippen molar-refractivity contribution in [3.05, 3.63) is 320 Å². The number of rotatable bonds is 9. The minimum Gasteiger partial charge on any atom is -0.456 e. The maximum atomic E-state index is 6.60. The summed E-state index contributed by atoms with van der Waals surface area (Å²) in [6, 6.07) is 106.